The first-order valence-corrected chi connectivity index (χ1v) is 8.81. The first-order valence-electron chi connectivity index (χ1n) is 8.81. The molecule has 0 spiro atoms. The highest BCUT2D eigenvalue weighted by atomic mass is 16.5. The summed E-state index contributed by atoms with van der Waals surface area (Å²) in [7, 11) is 0. The Morgan fingerprint density at radius 2 is 2.13 bits per heavy atom. The number of likely N-dealkylation sites (tertiary alicyclic amines) is 1. The number of rotatable bonds is 5. The van der Waals surface area contributed by atoms with Crippen LogP contribution >= 0.6 is 0 Å². The van der Waals surface area contributed by atoms with Crippen LogP contribution in [0.2, 0.25) is 0 Å². The molecule has 7 heteroatoms. The maximum absolute atomic E-state index is 12.4. The fourth-order valence-electron chi connectivity index (χ4n) is 3.54. The van der Waals surface area contributed by atoms with Crippen LogP contribution in [0.5, 0.6) is 0 Å². The molecule has 3 saturated heterocycles. The molecule has 2 atom stereocenters. The number of piperidine rings is 1. The molecule has 0 radical (unpaired) electrons. The van der Waals surface area contributed by atoms with Crippen molar-refractivity contribution < 1.29 is 14.3 Å². The van der Waals surface area contributed by atoms with E-state index in [1.54, 1.807) is 0 Å². The molecule has 2 amide bonds. The van der Waals surface area contributed by atoms with Crippen molar-refractivity contribution in [3.63, 3.8) is 0 Å². The third kappa shape index (κ3) is 4.65. The zero-order valence-electron chi connectivity index (χ0n) is 13.8. The maximum Gasteiger partial charge on any atom is 0.225 e. The van der Waals surface area contributed by atoms with Gasteiger partial charge in [-0.3, -0.25) is 14.5 Å². The zero-order valence-corrected chi connectivity index (χ0v) is 13.8. The Hall–Kier alpha value is -1.18. The molecule has 1 unspecified atom stereocenters. The summed E-state index contributed by atoms with van der Waals surface area (Å²) in [6.45, 7) is 7.43. The predicted molar refractivity (Wildman–Crippen MR) is 86.0 cm³/mol. The van der Waals surface area contributed by atoms with Crippen LogP contribution in [0.1, 0.15) is 19.3 Å². The van der Waals surface area contributed by atoms with Crippen LogP contribution in [0.3, 0.4) is 0 Å². The van der Waals surface area contributed by atoms with Gasteiger partial charge in [0.25, 0.3) is 0 Å². The Kier molecular flexibility index (Phi) is 5.85. The molecule has 0 aromatic rings. The van der Waals surface area contributed by atoms with Crippen LogP contribution in [-0.4, -0.2) is 86.7 Å². The van der Waals surface area contributed by atoms with Crippen molar-refractivity contribution in [1.82, 2.24) is 20.4 Å². The van der Waals surface area contributed by atoms with Crippen molar-refractivity contribution in [3.05, 3.63) is 0 Å². The van der Waals surface area contributed by atoms with Crippen LogP contribution in [0.15, 0.2) is 0 Å². The van der Waals surface area contributed by atoms with Gasteiger partial charge in [0.05, 0.1) is 19.1 Å². The highest BCUT2D eigenvalue weighted by Gasteiger charge is 2.35. The van der Waals surface area contributed by atoms with Crippen molar-refractivity contribution in [2.75, 3.05) is 59.0 Å². The lowest BCUT2D eigenvalue weighted by Crippen LogP contribution is -2.48. The minimum absolute atomic E-state index is 0.0425. The minimum atomic E-state index is -0.186. The lowest BCUT2D eigenvalue weighted by molar-refractivity contribution is -0.129. The number of morpholine rings is 1. The molecule has 3 heterocycles. The van der Waals surface area contributed by atoms with E-state index in [0.29, 0.717) is 19.5 Å². The van der Waals surface area contributed by atoms with E-state index < -0.39 is 0 Å². The summed E-state index contributed by atoms with van der Waals surface area (Å²) in [5, 5.41) is 6.40. The third-order valence-corrected chi connectivity index (χ3v) is 5.02. The predicted octanol–water partition coefficient (Wildman–Crippen LogP) is -0.965. The molecule has 0 aromatic carbocycles. The highest BCUT2D eigenvalue weighted by molar-refractivity contribution is 5.89. The van der Waals surface area contributed by atoms with Crippen LogP contribution < -0.4 is 10.6 Å². The number of hydrogen-bond acceptors (Lipinski definition) is 5. The summed E-state index contributed by atoms with van der Waals surface area (Å²) < 4.78 is 5.33. The number of carbonyl (C=O) groups excluding carboxylic acids is 2. The fraction of sp³-hybridized carbons (Fsp3) is 0.875. The van der Waals surface area contributed by atoms with E-state index in [1.807, 2.05) is 4.90 Å². The van der Waals surface area contributed by atoms with Crippen molar-refractivity contribution in [1.29, 1.82) is 0 Å². The number of carbonyl (C=O) groups is 2. The number of nitrogens with one attached hydrogen (secondary N) is 2. The number of amides is 2. The van der Waals surface area contributed by atoms with Gasteiger partial charge in [0.1, 0.15) is 0 Å². The summed E-state index contributed by atoms with van der Waals surface area (Å²) in [6, 6.07) is 0.216. The summed E-state index contributed by atoms with van der Waals surface area (Å²) in [5.74, 6) is -0.0322. The molecule has 0 aromatic heterocycles. The second-order valence-electron chi connectivity index (χ2n) is 6.75. The van der Waals surface area contributed by atoms with Gasteiger partial charge in [-0.15, -0.1) is 0 Å². The van der Waals surface area contributed by atoms with E-state index >= 15 is 0 Å². The van der Waals surface area contributed by atoms with Crippen LogP contribution in [0.25, 0.3) is 0 Å². The minimum Gasteiger partial charge on any atom is -0.379 e. The van der Waals surface area contributed by atoms with Crippen molar-refractivity contribution in [2.45, 2.75) is 25.3 Å². The van der Waals surface area contributed by atoms with Crippen LogP contribution in [0, 0.1) is 5.92 Å². The number of hydrogen-bond donors (Lipinski definition) is 2. The maximum atomic E-state index is 12.4. The van der Waals surface area contributed by atoms with Gasteiger partial charge in [-0.2, -0.15) is 0 Å². The highest BCUT2D eigenvalue weighted by Crippen LogP contribution is 2.18. The van der Waals surface area contributed by atoms with E-state index in [4.69, 9.17) is 4.74 Å². The van der Waals surface area contributed by atoms with E-state index in [-0.39, 0.29) is 23.8 Å². The van der Waals surface area contributed by atoms with E-state index in [9.17, 15) is 9.59 Å². The van der Waals surface area contributed by atoms with E-state index in [2.05, 4.69) is 15.5 Å². The van der Waals surface area contributed by atoms with Crippen LogP contribution in [0.4, 0.5) is 0 Å². The van der Waals surface area contributed by atoms with Gasteiger partial charge < -0.3 is 20.3 Å². The summed E-state index contributed by atoms with van der Waals surface area (Å²) >= 11 is 0. The van der Waals surface area contributed by atoms with Crippen molar-refractivity contribution in [2.24, 2.45) is 5.92 Å². The van der Waals surface area contributed by atoms with Gasteiger partial charge in [0, 0.05) is 51.7 Å². The van der Waals surface area contributed by atoms with Crippen molar-refractivity contribution in [3.8, 4) is 0 Å². The summed E-state index contributed by atoms with van der Waals surface area (Å²) in [6.07, 6.45) is 2.48. The number of ether oxygens (including phenoxy) is 1. The Morgan fingerprint density at radius 3 is 2.87 bits per heavy atom. The molecule has 130 valence electrons. The first kappa shape index (κ1) is 16.7. The quantitative estimate of drug-likeness (QED) is 0.681. The van der Waals surface area contributed by atoms with Gasteiger partial charge in [0.15, 0.2) is 0 Å². The van der Waals surface area contributed by atoms with Gasteiger partial charge >= 0.3 is 0 Å². The lowest BCUT2D eigenvalue weighted by Gasteiger charge is -2.28. The molecular formula is C16H28N4O3. The molecule has 3 aliphatic heterocycles. The largest absolute Gasteiger partial charge is 0.379 e. The molecule has 2 N–H and O–H groups in total. The normalized spacial score (nSPS) is 29.7. The lowest BCUT2D eigenvalue weighted by atomic mass is 10.0. The molecule has 23 heavy (non-hydrogen) atoms. The molecule has 3 rings (SSSR count). The topological polar surface area (TPSA) is 73.9 Å². The summed E-state index contributed by atoms with van der Waals surface area (Å²) in [5.41, 5.74) is 0. The van der Waals surface area contributed by atoms with E-state index in [0.717, 1.165) is 58.8 Å². The SMILES string of the molecule is O=C(N[C@H]1CCCNC1)C1CC(=O)N(CCN2CCOCC2)C1. The second kappa shape index (κ2) is 8.08. The monoisotopic (exact) mass is 324 g/mol. The molecule has 0 bridgehead atoms. The first-order chi connectivity index (χ1) is 11.2. The zero-order chi connectivity index (χ0) is 16.1. The number of nitrogens with zero attached hydrogens (tertiary/aromatic N) is 2. The van der Waals surface area contributed by atoms with Gasteiger partial charge in [-0.1, -0.05) is 0 Å². The van der Waals surface area contributed by atoms with Crippen LogP contribution in [-0.2, 0) is 14.3 Å². The van der Waals surface area contributed by atoms with Gasteiger partial charge in [-0.05, 0) is 19.4 Å². The molecule has 0 saturated carbocycles. The third-order valence-electron chi connectivity index (χ3n) is 5.02. The molecule has 0 aliphatic carbocycles. The Balaban J connectivity index is 1.41. The van der Waals surface area contributed by atoms with E-state index in [1.165, 1.54) is 0 Å². The Bertz CT molecular complexity index is 420. The average molecular weight is 324 g/mol. The van der Waals surface area contributed by atoms with Gasteiger partial charge in [-0.25, -0.2) is 0 Å². The Morgan fingerprint density at radius 1 is 1.30 bits per heavy atom. The van der Waals surface area contributed by atoms with Gasteiger partial charge in [0.2, 0.25) is 11.8 Å². The standard InChI is InChI=1S/C16H28N4O3/c21-15-10-13(16(22)18-14-2-1-3-17-11-14)12-20(15)5-4-19-6-8-23-9-7-19/h13-14,17H,1-12H2,(H,18,22)/t13?,14-/m0/s1. The fourth-order valence-corrected chi connectivity index (χ4v) is 3.54. The summed E-state index contributed by atoms with van der Waals surface area (Å²) in [4.78, 5) is 28.7. The molecule has 7 nitrogen and oxygen atoms in total. The Labute approximate surface area is 137 Å². The average Bonchev–Trinajstić information content (AvgIpc) is 2.96. The smallest absolute Gasteiger partial charge is 0.225 e. The molecular weight excluding hydrogens is 296 g/mol. The second-order valence-corrected chi connectivity index (χ2v) is 6.75. The van der Waals surface area contributed by atoms with Crippen molar-refractivity contribution >= 4 is 11.8 Å². The molecule has 3 aliphatic rings. The molecule has 3 fully saturated rings.